The van der Waals surface area contributed by atoms with E-state index in [1.54, 1.807) is 4.90 Å². The van der Waals surface area contributed by atoms with Crippen molar-refractivity contribution in [3.63, 3.8) is 0 Å². The summed E-state index contributed by atoms with van der Waals surface area (Å²) >= 11 is 5.79. The Labute approximate surface area is 147 Å². The van der Waals surface area contributed by atoms with Gasteiger partial charge in [-0.05, 0) is 42.7 Å². The standard InChI is InChI=1S/C18H18ClNO3S/c19-15-6-10-17(11-7-15)24(22,23)13-18(21)20(16-8-9-16)12-14-4-2-1-3-5-14/h1-7,10-11,16H,8-9,12-13H2. The van der Waals surface area contributed by atoms with Gasteiger partial charge in [0.05, 0.1) is 4.90 Å². The number of carbonyl (C=O) groups is 1. The summed E-state index contributed by atoms with van der Waals surface area (Å²) < 4.78 is 24.9. The van der Waals surface area contributed by atoms with E-state index in [0.717, 1.165) is 18.4 Å². The highest BCUT2D eigenvalue weighted by Gasteiger charge is 2.34. The normalized spacial score (nSPS) is 14.4. The molecule has 0 N–H and O–H groups in total. The van der Waals surface area contributed by atoms with E-state index in [0.29, 0.717) is 11.6 Å². The summed E-state index contributed by atoms with van der Waals surface area (Å²) in [7, 11) is -3.67. The molecule has 3 rings (SSSR count). The van der Waals surface area contributed by atoms with Gasteiger partial charge in [-0.25, -0.2) is 8.42 Å². The predicted molar refractivity (Wildman–Crippen MR) is 93.5 cm³/mol. The van der Waals surface area contributed by atoms with Crippen LogP contribution in [0.3, 0.4) is 0 Å². The third-order valence-electron chi connectivity index (χ3n) is 3.99. The summed E-state index contributed by atoms with van der Waals surface area (Å²) in [5.41, 5.74) is 1.00. The van der Waals surface area contributed by atoms with E-state index in [4.69, 9.17) is 11.6 Å². The minimum atomic E-state index is -3.67. The van der Waals surface area contributed by atoms with Crippen LogP contribution in [0.15, 0.2) is 59.5 Å². The lowest BCUT2D eigenvalue weighted by atomic mass is 10.2. The first-order chi connectivity index (χ1) is 11.5. The summed E-state index contributed by atoms with van der Waals surface area (Å²) in [4.78, 5) is 14.4. The van der Waals surface area contributed by atoms with Crippen LogP contribution in [0.5, 0.6) is 0 Å². The van der Waals surface area contributed by atoms with Crippen molar-refractivity contribution in [3.8, 4) is 0 Å². The third-order valence-corrected chi connectivity index (χ3v) is 5.86. The molecule has 0 radical (unpaired) electrons. The average molecular weight is 364 g/mol. The Morgan fingerprint density at radius 1 is 1.04 bits per heavy atom. The zero-order valence-electron chi connectivity index (χ0n) is 13.1. The minimum Gasteiger partial charge on any atom is -0.334 e. The second-order valence-electron chi connectivity index (χ2n) is 5.95. The van der Waals surface area contributed by atoms with Gasteiger partial charge in [0.25, 0.3) is 0 Å². The van der Waals surface area contributed by atoms with Crippen LogP contribution in [0, 0.1) is 0 Å². The summed E-state index contributed by atoms with van der Waals surface area (Å²) in [5.74, 6) is -0.867. The molecule has 6 heteroatoms. The number of benzene rings is 2. The summed E-state index contributed by atoms with van der Waals surface area (Å²) in [6.07, 6.45) is 1.86. The Hall–Kier alpha value is -1.85. The molecule has 1 aliphatic rings. The van der Waals surface area contributed by atoms with Crippen LogP contribution < -0.4 is 0 Å². The van der Waals surface area contributed by atoms with Gasteiger partial charge in [-0.1, -0.05) is 41.9 Å². The van der Waals surface area contributed by atoms with Crippen LogP contribution in [-0.2, 0) is 21.2 Å². The van der Waals surface area contributed by atoms with Crippen molar-refractivity contribution in [2.45, 2.75) is 30.3 Å². The first kappa shape index (κ1) is 17.0. The van der Waals surface area contributed by atoms with Gasteiger partial charge in [0, 0.05) is 17.6 Å². The number of carbonyl (C=O) groups excluding carboxylic acids is 1. The smallest absolute Gasteiger partial charge is 0.238 e. The molecule has 0 unspecified atom stereocenters. The molecule has 0 bridgehead atoms. The number of hydrogen-bond donors (Lipinski definition) is 0. The molecule has 4 nitrogen and oxygen atoms in total. The maximum Gasteiger partial charge on any atom is 0.238 e. The molecule has 1 amide bonds. The minimum absolute atomic E-state index is 0.121. The SMILES string of the molecule is O=C(CS(=O)(=O)c1ccc(Cl)cc1)N(Cc1ccccc1)C1CC1. The molecule has 2 aromatic carbocycles. The highest BCUT2D eigenvalue weighted by Crippen LogP contribution is 2.29. The van der Waals surface area contributed by atoms with Gasteiger partial charge in [0.2, 0.25) is 5.91 Å². The topological polar surface area (TPSA) is 54.5 Å². The number of rotatable bonds is 6. The molecule has 126 valence electrons. The van der Waals surface area contributed by atoms with Crippen molar-refractivity contribution in [1.82, 2.24) is 4.90 Å². The molecule has 24 heavy (non-hydrogen) atoms. The van der Waals surface area contributed by atoms with E-state index >= 15 is 0 Å². The highest BCUT2D eigenvalue weighted by atomic mass is 35.5. The molecule has 0 saturated heterocycles. The Bertz CT molecular complexity index is 815. The van der Waals surface area contributed by atoms with Gasteiger partial charge in [-0.2, -0.15) is 0 Å². The lowest BCUT2D eigenvalue weighted by molar-refractivity contribution is -0.129. The van der Waals surface area contributed by atoms with E-state index < -0.39 is 15.6 Å². The van der Waals surface area contributed by atoms with Crippen LogP contribution in [0.25, 0.3) is 0 Å². The Balaban J connectivity index is 1.75. The zero-order valence-corrected chi connectivity index (χ0v) is 14.6. The molecule has 2 aromatic rings. The molecule has 1 saturated carbocycles. The van der Waals surface area contributed by atoms with Crippen LogP contribution in [0.4, 0.5) is 0 Å². The fraction of sp³-hybridized carbons (Fsp3) is 0.278. The summed E-state index contributed by atoms with van der Waals surface area (Å²) in [5, 5.41) is 0.462. The van der Waals surface area contributed by atoms with Crippen molar-refractivity contribution in [3.05, 3.63) is 65.2 Å². The van der Waals surface area contributed by atoms with Crippen LogP contribution in [0.2, 0.25) is 5.02 Å². The van der Waals surface area contributed by atoms with Crippen molar-refractivity contribution in [2.24, 2.45) is 0 Å². The van der Waals surface area contributed by atoms with E-state index in [1.807, 2.05) is 30.3 Å². The first-order valence-corrected chi connectivity index (χ1v) is 9.80. The molecule has 1 fully saturated rings. The molecule has 1 aliphatic carbocycles. The first-order valence-electron chi connectivity index (χ1n) is 7.77. The fourth-order valence-corrected chi connectivity index (χ4v) is 3.89. The zero-order chi connectivity index (χ0) is 17.2. The molecule has 0 aliphatic heterocycles. The van der Waals surface area contributed by atoms with E-state index in [9.17, 15) is 13.2 Å². The van der Waals surface area contributed by atoms with Gasteiger partial charge >= 0.3 is 0 Å². The number of amides is 1. The van der Waals surface area contributed by atoms with Crippen LogP contribution in [0.1, 0.15) is 18.4 Å². The third kappa shape index (κ3) is 4.16. The molecule has 0 atom stereocenters. The second-order valence-corrected chi connectivity index (χ2v) is 8.38. The van der Waals surface area contributed by atoms with E-state index in [2.05, 4.69) is 0 Å². The number of sulfone groups is 1. The van der Waals surface area contributed by atoms with Crippen molar-refractivity contribution in [2.75, 3.05) is 5.75 Å². The van der Waals surface area contributed by atoms with Crippen molar-refractivity contribution in [1.29, 1.82) is 0 Å². The summed E-state index contributed by atoms with van der Waals surface area (Å²) in [6, 6.07) is 15.7. The van der Waals surface area contributed by atoms with E-state index in [-0.39, 0.29) is 16.8 Å². The lowest BCUT2D eigenvalue weighted by Gasteiger charge is -2.22. The van der Waals surface area contributed by atoms with Crippen molar-refractivity contribution < 1.29 is 13.2 Å². The molecular formula is C18H18ClNO3S. The molecular weight excluding hydrogens is 346 g/mol. The maximum absolute atomic E-state index is 12.6. The van der Waals surface area contributed by atoms with Crippen LogP contribution in [-0.4, -0.2) is 31.0 Å². The van der Waals surface area contributed by atoms with Crippen molar-refractivity contribution >= 4 is 27.3 Å². The van der Waals surface area contributed by atoms with Gasteiger partial charge in [0.15, 0.2) is 9.84 Å². The summed E-state index contributed by atoms with van der Waals surface area (Å²) in [6.45, 7) is 0.445. The lowest BCUT2D eigenvalue weighted by Crippen LogP contribution is -2.37. The van der Waals surface area contributed by atoms with Gasteiger partial charge in [-0.3, -0.25) is 4.79 Å². The number of hydrogen-bond acceptors (Lipinski definition) is 3. The second kappa shape index (κ2) is 6.95. The Morgan fingerprint density at radius 2 is 1.67 bits per heavy atom. The van der Waals surface area contributed by atoms with Gasteiger partial charge in [0.1, 0.15) is 5.75 Å². The largest absolute Gasteiger partial charge is 0.334 e. The quantitative estimate of drug-likeness (QED) is 0.791. The Morgan fingerprint density at radius 3 is 2.25 bits per heavy atom. The Kier molecular flexibility index (Phi) is 4.92. The molecule has 0 spiro atoms. The number of nitrogens with zero attached hydrogens (tertiary/aromatic N) is 1. The predicted octanol–water partition coefficient (Wildman–Crippen LogP) is 3.30. The maximum atomic E-state index is 12.6. The van der Waals surface area contributed by atoms with Gasteiger partial charge in [-0.15, -0.1) is 0 Å². The molecule has 0 aromatic heterocycles. The molecule has 0 heterocycles. The fourth-order valence-electron chi connectivity index (χ4n) is 2.56. The number of halogens is 1. The highest BCUT2D eigenvalue weighted by molar-refractivity contribution is 7.92. The monoisotopic (exact) mass is 363 g/mol. The van der Waals surface area contributed by atoms with E-state index in [1.165, 1.54) is 24.3 Å². The van der Waals surface area contributed by atoms with Gasteiger partial charge < -0.3 is 4.90 Å². The van der Waals surface area contributed by atoms with Crippen LogP contribution >= 0.6 is 11.6 Å². The average Bonchev–Trinajstić information content (AvgIpc) is 3.38.